The first-order valence-corrected chi connectivity index (χ1v) is 9.94. The van der Waals surface area contributed by atoms with Crippen molar-refractivity contribution in [3.05, 3.63) is 72.0 Å². The van der Waals surface area contributed by atoms with E-state index >= 15 is 0 Å². The molecule has 0 atom stereocenters. The lowest BCUT2D eigenvalue weighted by Crippen LogP contribution is -2.01. The summed E-state index contributed by atoms with van der Waals surface area (Å²) in [5.41, 5.74) is 12.8. The van der Waals surface area contributed by atoms with E-state index < -0.39 is 0 Å². The van der Waals surface area contributed by atoms with Gasteiger partial charge in [0, 0.05) is 69.5 Å². The second kappa shape index (κ2) is 6.11. The molecule has 0 unspecified atom stereocenters. The first kappa shape index (κ1) is 17.1. The summed E-state index contributed by atoms with van der Waals surface area (Å²) in [6.07, 6.45) is 4.02. The minimum Gasteiger partial charge on any atom is -0.384 e. The molecular formula is C23H17ClN6. The number of nitrogens with zero attached hydrogens (tertiary/aromatic N) is 4. The van der Waals surface area contributed by atoms with Gasteiger partial charge in [0.25, 0.3) is 0 Å². The lowest BCUT2D eigenvalue weighted by Gasteiger charge is -2.03. The third-order valence-corrected chi connectivity index (χ3v) is 5.78. The SMILES string of the molecule is Cn1cc(-c2cc(N)n3nc(-c4c[nH]c5ccccc45)cc3n2)c2cc(Cl)ccc21. The van der Waals surface area contributed by atoms with Crippen molar-refractivity contribution in [1.29, 1.82) is 0 Å². The van der Waals surface area contributed by atoms with Crippen LogP contribution in [0.4, 0.5) is 5.82 Å². The average molecular weight is 413 g/mol. The predicted octanol–water partition coefficient (Wildman–Crippen LogP) is 5.27. The molecule has 7 heteroatoms. The van der Waals surface area contributed by atoms with Crippen LogP contribution in [0, 0.1) is 0 Å². The maximum absolute atomic E-state index is 6.37. The Hall–Kier alpha value is -3.77. The molecule has 0 amide bonds. The van der Waals surface area contributed by atoms with Gasteiger partial charge < -0.3 is 15.3 Å². The summed E-state index contributed by atoms with van der Waals surface area (Å²) in [4.78, 5) is 8.16. The van der Waals surface area contributed by atoms with Gasteiger partial charge in [-0.3, -0.25) is 0 Å². The number of fused-ring (bicyclic) bond motifs is 3. The fourth-order valence-corrected chi connectivity index (χ4v) is 4.29. The Labute approximate surface area is 176 Å². The Morgan fingerprint density at radius 1 is 0.967 bits per heavy atom. The molecule has 3 N–H and O–H groups in total. The van der Waals surface area contributed by atoms with Crippen molar-refractivity contribution in [2.24, 2.45) is 7.05 Å². The number of hydrogen-bond acceptors (Lipinski definition) is 3. The number of nitrogen functional groups attached to an aromatic ring is 1. The number of hydrogen-bond donors (Lipinski definition) is 2. The number of H-pyrrole nitrogens is 1. The van der Waals surface area contributed by atoms with Crippen LogP contribution in [0.2, 0.25) is 5.02 Å². The molecule has 6 aromatic rings. The third-order valence-electron chi connectivity index (χ3n) is 5.55. The molecule has 30 heavy (non-hydrogen) atoms. The minimum atomic E-state index is 0.528. The zero-order chi connectivity index (χ0) is 20.4. The molecule has 6 nitrogen and oxygen atoms in total. The van der Waals surface area contributed by atoms with E-state index in [1.807, 2.05) is 61.8 Å². The van der Waals surface area contributed by atoms with Gasteiger partial charge in [0.05, 0.1) is 11.4 Å². The Balaban J connectivity index is 1.56. The van der Waals surface area contributed by atoms with Gasteiger partial charge in [-0.2, -0.15) is 9.61 Å². The highest BCUT2D eigenvalue weighted by molar-refractivity contribution is 6.31. The molecule has 146 valence electrons. The van der Waals surface area contributed by atoms with Gasteiger partial charge in [-0.05, 0) is 24.3 Å². The number of aryl methyl sites for hydroxylation is 1. The third kappa shape index (κ3) is 2.44. The fraction of sp³-hybridized carbons (Fsp3) is 0.0435. The van der Waals surface area contributed by atoms with E-state index in [4.69, 9.17) is 27.4 Å². The molecule has 2 aromatic carbocycles. The van der Waals surface area contributed by atoms with E-state index in [0.717, 1.165) is 44.3 Å². The molecule has 0 aliphatic carbocycles. The van der Waals surface area contributed by atoms with Gasteiger partial charge in [0.15, 0.2) is 5.65 Å². The molecular weight excluding hydrogens is 396 g/mol. The molecule has 4 heterocycles. The second-order valence-electron chi connectivity index (χ2n) is 7.43. The van der Waals surface area contributed by atoms with Crippen LogP contribution in [0.5, 0.6) is 0 Å². The van der Waals surface area contributed by atoms with Crippen LogP contribution in [0.1, 0.15) is 0 Å². The standard InChI is InChI=1S/C23H17ClN6/c1-29-12-17(15-8-13(24)6-7-21(15)29)19-9-22(25)30-23(27-19)10-20(28-30)16-11-26-18-5-3-2-4-14(16)18/h2-12,26H,25H2,1H3. The normalized spacial score (nSPS) is 11.8. The summed E-state index contributed by atoms with van der Waals surface area (Å²) >= 11 is 6.25. The van der Waals surface area contributed by atoms with Crippen LogP contribution in [0.25, 0.3) is 50.0 Å². The van der Waals surface area contributed by atoms with Gasteiger partial charge in [0.2, 0.25) is 0 Å². The predicted molar refractivity (Wildman–Crippen MR) is 122 cm³/mol. The number of nitrogens with two attached hydrogens (primary N) is 1. The van der Waals surface area contributed by atoms with Crippen LogP contribution < -0.4 is 5.73 Å². The van der Waals surface area contributed by atoms with Crippen molar-refractivity contribution in [1.82, 2.24) is 24.1 Å². The van der Waals surface area contributed by atoms with E-state index in [2.05, 4.69) is 21.8 Å². The van der Waals surface area contributed by atoms with Crippen molar-refractivity contribution in [2.45, 2.75) is 0 Å². The van der Waals surface area contributed by atoms with Crippen LogP contribution in [0.3, 0.4) is 0 Å². The Kier molecular flexibility index (Phi) is 3.49. The number of aromatic amines is 1. The van der Waals surface area contributed by atoms with Gasteiger partial charge in [-0.25, -0.2) is 4.98 Å². The Bertz CT molecular complexity index is 1590. The van der Waals surface area contributed by atoms with E-state index in [-0.39, 0.29) is 0 Å². The fourth-order valence-electron chi connectivity index (χ4n) is 4.12. The molecule has 6 rings (SSSR count). The smallest absolute Gasteiger partial charge is 0.158 e. The molecule has 0 bridgehead atoms. The van der Waals surface area contributed by atoms with E-state index in [1.54, 1.807) is 4.52 Å². The number of para-hydroxylation sites is 1. The first-order chi connectivity index (χ1) is 14.6. The van der Waals surface area contributed by atoms with E-state index in [9.17, 15) is 0 Å². The summed E-state index contributed by atoms with van der Waals surface area (Å²) in [5.74, 6) is 0.528. The molecule has 0 fully saturated rings. The summed E-state index contributed by atoms with van der Waals surface area (Å²) in [6.45, 7) is 0. The second-order valence-corrected chi connectivity index (χ2v) is 7.87. The molecule has 0 spiro atoms. The summed E-state index contributed by atoms with van der Waals surface area (Å²) in [6, 6.07) is 17.8. The van der Waals surface area contributed by atoms with Crippen molar-refractivity contribution < 1.29 is 0 Å². The monoisotopic (exact) mass is 412 g/mol. The number of halogens is 1. The van der Waals surface area contributed by atoms with Gasteiger partial charge in [-0.1, -0.05) is 29.8 Å². The minimum absolute atomic E-state index is 0.528. The number of benzene rings is 2. The zero-order valence-corrected chi connectivity index (χ0v) is 16.9. The topological polar surface area (TPSA) is 76.9 Å². The molecule has 4 aromatic heterocycles. The summed E-state index contributed by atoms with van der Waals surface area (Å²) in [5, 5.41) is 7.55. The van der Waals surface area contributed by atoms with Gasteiger partial charge >= 0.3 is 0 Å². The van der Waals surface area contributed by atoms with Crippen LogP contribution in [-0.4, -0.2) is 24.1 Å². The molecule has 0 radical (unpaired) electrons. The number of rotatable bonds is 2. The highest BCUT2D eigenvalue weighted by atomic mass is 35.5. The number of aromatic nitrogens is 5. The largest absolute Gasteiger partial charge is 0.384 e. The molecule has 0 saturated heterocycles. The molecule has 0 saturated carbocycles. The zero-order valence-electron chi connectivity index (χ0n) is 16.1. The maximum atomic E-state index is 6.37. The average Bonchev–Trinajstić information content (AvgIpc) is 3.43. The van der Waals surface area contributed by atoms with Gasteiger partial charge in [0.1, 0.15) is 5.82 Å². The number of anilines is 1. The van der Waals surface area contributed by atoms with Crippen molar-refractivity contribution in [3.63, 3.8) is 0 Å². The highest BCUT2D eigenvalue weighted by Gasteiger charge is 2.16. The lowest BCUT2D eigenvalue weighted by atomic mass is 10.1. The van der Waals surface area contributed by atoms with E-state index in [1.165, 1.54) is 0 Å². The van der Waals surface area contributed by atoms with Crippen molar-refractivity contribution >= 4 is 44.9 Å². The van der Waals surface area contributed by atoms with Crippen LogP contribution >= 0.6 is 11.6 Å². The first-order valence-electron chi connectivity index (χ1n) is 9.56. The summed E-state index contributed by atoms with van der Waals surface area (Å²) in [7, 11) is 2.01. The van der Waals surface area contributed by atoms with Crippen molar-refractivity contribution in [2.75, 3.05) is 5.73 Å². The van der Waals surface area contributed by atoms with E-state index in [0.29, 0.717) is 16.5 Å². The molecule has 0 aliphatic heterocycles. The van der Waals surface area contributed by atoms with Crippen LogP contribution in [0.15, 0.2) is 67.0 Å². The molecule has 0 aliphatic rings. The summed E-state index contributed by atoms with van der Waals surface area (Å²) < 4.78 is 3.75. The lowest BCUT2D eigenvalue weighted by molar-refractivity contribution is 0.955. The van der Waals surface area contributed by atoms with Crippen molar-refractivity contribution in [3.8, 4) is 22.5 Å². The quantitative estimate of drug-likeness (QED) is 0.406. The Morgan fingerprint density at radius 2 is 1.83 bits per heavy atom. The maximum Gasteiger partial charge on any atom is 0.158 e. The van der Waals surface area contributed by atoms with Crippen LogP contribution in [-0.2, 0) is 7.05 Å². The highest BCUT2D eigenvalue weighted by Crippen LogP contribution is 2.33. The Morgan fingerprint density at radius 3 is 2.73 bits per heavy atom. The van der Waals surface area contributed by atoms with Gasteiger partial charge in [-0.15, -0.1) is 0 Å². The number of nitrogens with one attached hydrogen (secondary N) is 1.